The number of hydrogen-bond acceptors (Lipinski definition) is 3. The van der Waals surface area contributed by atoms with Gasteiger partial charge in [0.05, 0.1) is 0 Å². The van der Waals surface area contributed by atoms with Gasteiger partial charge in [0.2, 0.25) is 0 Å². The Hall–Kier alpha value is -2.07. The second-order valence-corrected chi connectivity index (χ2v) is 5.47. The third-order valence-corrected chi connectivity index (χ3v) is 3.98. The van der Waals surface area contributed by atoms with E-state index in [1.54, 1.807) is 0 Å². The second kappa shape index (κ2) is 7.27. The minimum absolute atomic E-state index is 0.180. The van der Waals surface area contributed by atoms with Gasteiger partial charge in [-0.15, -0.1) is 0 Å². The molecule has 116 valence electrons. The highest BCUT2D eigenvalue weighted by atomic mass is 19.1. The van der Waals surface area contributed by atoms with Crippen LogP contribution in [0.25, 0.3) is 0 Å². The van der Waals surface area contributed by atoms with Gasteiger partial charge in [-0.25, -0.2) is 4.39 Å². The van der Waals surface area contributed by atoms with Crippen LogP contribution in [0, 0.1) is 5.82 Å². The molecule has 0 N–H and O–H groups in total. The molecular weight excluding hydrogens is 279 g/mol. The molecule has 1 fully saturated rings. The maximum atomic E-state index is 13.0. The lowest BCUT2D eigenvalue weighted by atomic mass is 10.2. The van der Waals surface area contributed by atoms with Gasteiger partial charge in [0.15, 0.2) is 0 Å². The second-order valence-electron chi connectivity index (χ2n) is 5.47. The van der Waals surface area contributed by atoms with Gasteiger partial charge in [0.1, 0.15) is 18.2 Å². The number of para-hydroxylation sites is 1. The summed E-state index contributed by atoms with van der Waals surface area (Å²) < 4.78 is 18.7. The molecule has 4 heteroatoms. The van der Waals surface area contributed by atoms with Crippen molar-refractivity contribution in [1.29, 1.82) is 0 Å². The first kappa shape index (κ1) is 14.9. The van der Waals surface area contributed by atoms with E-state index in [0.717, 1.165) is 44.2 Å². The maximum absolute atomic E-state index is 13.0. The number of nitrogens with zero attached hydrogens (tertiary/aromatic N) is 2. The molecule has 0 spiro atoms. The summed E-state index contributed by atoms with van der Waals surface area (Å²) in [6.07, 6.45) is 0. The van der Waals surface area contributed by atoms with Crippen LogP contribution in [-0.2, 0) is 0 Å². The molecule has 0 unspecified atom stereocenters. The standard InChI is InChI=1S/C18H21FN2O/c19-16-6-8-17(9-7-16)21-12-10-20(11-13-21)14-15-22-18-4-2-1-3-5-18/h1-9H,10-15H2. The Morgan fingerprint density at radius 2 is 1.55 bits per heavy atom. The van der Waals surface area contributed by atoms with Crippen LogP contribution in [0.2, 0.25) is 0 Å². The average Bonchev–Trinajstić information content (AvgIpc) is 2.57. The average molecular weight is 300 g/mol. The van der Waals surface area contributed by atoms with Gasteiger partial charge in [0, 0.05) is 38.4 Å². The van der Waals surface area contributed by atoms with Crippen LogP contribution in [0.4, 0.5) is 10.1 Å². The Labute approximate surface area is 130 Å². The molecule has 0 bridgehead atoms. The molecule has 2 aromatic rings. The highest BCUT2D eigenvalue weighted by Crippen LogP contribution is 2.17. The van der Waals surface area contributed by atoms with Crippen LogP contribution < -0.4 is 9.64 Å². The summed E-state index contributed by atoms with van der Waals surface area (Å²) in [5, 5.41) is 0. The lowest BCUT2D eigenvalue weighted by Crippen LogP contribution is -2.47. The fourth-order valence-electron chi connectivity index (χ4n) is 2.69. The zero-order chi connectivity index (χ0) is 15.2. The van der Waals surface area contributed by atoms with Crippen molar-refractivity contribution >= 4 is 5.69 Å². The van der Waals surface area contributed by atoms with Crippen LogP contribution in [0.1, 0.15) is 0 Å². The van der Waals surface area contributed by atoms with E-state index >= 15 is 0 Å². The van der Waals surface area contributed by atoms with Crippen molar-refractivity contribution in [2.45, 2.75) is 0 Å². The van der Waals surface area contributed by atoms with Crippen LogP contribution in [0.5, 0.6) is 5.75 Å². The summed E-state index contributed by atoms with van der Waals surface area (Å²) in [7, 11) is 0. The van der Waals surface area contributed by atoms with Gasteiger partial charge < -0.3 is 9.64 Å². The van der Waals surface area contributed by atoms with Gasteiger partial charge >= 0.3 is 0 Å². The largest absolute Gasteiger partial charge is 0.492 e. The Balaban J connectivity index is 1.41. The lowest BCUT2D eigenvalue weighted by molar-refractivity contribution is 0.200. The van der Waals surface area contributed by atoms with Crippen molar-refractivity contribution in [3.05, 3.63) is 60.4 Å². The number of hydrogen-bond donors (Lipinski definition) is 0. The highest BCUT2D eigenvalue weighted by Gasteiger charge is 2.16. The van der Waals surface area contributed by atoms with Gasteiger partial charge in [-0.3, -0.25) is 4.90 Å². The summed E-state index contributed by atoms with van der Waals surface area (Å²) in [5.74, 6) is 0.743. The molecular formula is C18H21FN2O. The molecule has 0 atom stereocenters. The fourth-order valence-corrected chi connectivity index (χ4v) is 2.69. The number of piperazine rings is 1. The summed E-state index contributed by atoms with van der Waals surface area (Å²) >= 11 is 0. The van der Waals surface area contributed by atoms with Crippen LogP contribution in [0.15, 0.2) is 54.6 Å². The molecule has 0 saturated carbocycles. The van der Waals surface area contributed by atoms with Gasteiger partial charge in [-0.1, -0.05) is 18.2 Å². The first-order chi connectivity index (χ1) is 10.8. The molecule has 1 saturated heterocycles. The Bertz CT molecular complexity index is 565. The fraction of sp³-hybridized carbons (Fsp3) is 0.333. The Morgan fingerprint density at radius 3 is 2.23 bits per heavy atom. The predicted octanol–water partition coefficient (Wildman–Crippen LogP) is 3.03. The molecule has 3 nitrogen and oxygen atoms in total. The van der Waals surface area contributed by atoms with Gasteiger partial charge in [-0.05, 0) is 36.4 Å². The van der Waals surface area contributed by atoms with Crippen molar-refractivity contribution in [3.8, 4) is 5.75 Å². The minimum atomic E-state index is -0.180. The third kappa shape index (κ3) is 3.98. The minimum Gasteiger partial charge on any atom is -0.492 e. The van der Waals surface area contributed by atoms with E-state index in [0.29, 0.717) is 6.61 Å². The Morgan fingerprint density at radius 1 is 0.864 bits per heavy atom. The van der Waals surface area contributed by atoms with Gasteiger partial charge in [-0.2, -0.15) is 0 Å². The van der Waals surface area contributed by atoms with Crippen LogP contribution >= 0.6 is 0 Å². The summed E-state index contributed by atoms with van der Waals surface area (Å²) in [6.45, 7) is 5.60. The molecule has 0 aromatic heterocycles. The number of benzene rings is 2. The smallest absolute Gasteiger partial charge is 0.123 e. The monoisotopic (exact) mass is 300 g/mol. The molecule has 1 heterocycles. The van der Waals surface area contributed by atoms with E-state index in [1.165, 1.54) is 12.1 Å². The normalized spacial score (nSPS) is 15.8. The van der Waals surface area contributed by atoms with Crippen molar-refractivity contribution < 1.29 is 9.13 Å². The zero-order valence-corrected chi connectivity index (χ0v) is 12.6. The quantitative estimate of drug-likeness (QED) is 0.844. The molecule has 0 amide bonds. The highest BCUT2D eigenvalue weighted by molar-refractivity contribution is 5.46. The van der Waals surface area contributed by atoms with E-state index in [2.05, 4.69) is 9.80 Å². The number of halogens is 1. The van der Waals surface area contributed by atoms with Crippen LogP contribution in [-0.4, -0.2) is 44.2 Å². The zero-order valence-electron chi connectivity index (χ0n) is 12.6. The van der Waals surface area contributed by atoms with Crippen molar-refractivity contribution in [2.75, 3.05) is 44.2 Å². The van der Waals surface area contributed by atoms with E-state index in [4.69, 9.17) is 4.74 Å². The third-order valence-electron chi connectivity index (χ3n) is 3.98. The lowest BCUT2D eigenvalue weighted by Gasteiger charge is -2.36. The number of anilines is 1. The van der Waals surface area contributed by atoms with E-state index in [9.17, 15) is 4.39 Å². The summed E-state index contributed by atoms with van der Waals surface area (Å²) in [4.78, 5) is 4.71. The molecule has 1 aliphatic rings. The van der Waals surface area contributed by atoms with Crippen molar-refractivity contribution in [3.63, 3.8) is 0 Å². The molecule has 22 heavy (non-hydrogen) atoms. The predicted molar refractivity (Wildman–Crippen MR) is 87.0 cm³/mol. The molecule has 0 aliphatic carbocycles. The van der Waals surface area contributed by atoms with Gasteiger partial charge in [0.25, 0.3) is 0 Å². The van der Waals surface area contributed by atoms with Crippen molar-refractivity contribution in [1.82, 2.24) is 4.90 Å². The van der Waals surface area contributed by atoms with E-state index < -0.39 is 0 Å². The Kier molecular flexibility index (Phi) is 4.91. The number of rotatable bonds is 5. The molecule has 1 aliphatic heterocycles. The molecule has 2 aromatic carbocycles. The first-order valence-electron chi connectivity index (χ1n) is 7.72. The van der Waals surface area contributed by atoms with Crippen molar-refractivity contribution in [2.24, 2.45) is 0 Å². The SMILES string of the molecule is Fc1ccc(N2CCN(CCOc3ccccc3)CC2)cc1. The maximum Gasteiger partial charge on any atom is 0.123 e. The molecule has 3 rings (SSSR count). The first-order valence-corrected chi connectivity index (χ1v) is 7.72. The number of ether oxygens (including phenoxy) is 1. The molecule has 0 radical (unpaired) electrons. The van der Waals surface area contributed by atoms with E-state index in [-0.39, 0.29) is 5.82 Å². The van der Waals surface area contributed by atoms with E-state index in [1.807, 2.05) is 42.5 Å². The summed E-state index contributed by atoms with van der Waals surface area (Å²) in [6, 6.07) is 16.7. The summed E-state index contributed by atoms with van der Waals surface area (Å²) in [5.41, 5.74) is 1.10. The topological polar surface area (TPSA) is 15.7 Å². The van der Waals surface area contributed by atoms with Crippen LogP contribution in [0.3, 0.4) is 0 Å².